The fourth-order valence-electron chi connectivity index (χ4n) is 2.51. The van der Waals surface area contributed by atoms with Crippen molar-refractivity contribution in [3.63, 3.8) is 0 Å². The highest BCUT2D eigenvalue weighted by atomic mass is 35.5. The number of carboxylic acid groups (broad SMARTS) is 1. The van der Waals surface area contributed by atoms with Crippen LogP contribution in [0.1, 0.15) is 19.4 Å². The zero-order chi connectivity index (χ0) is 22.4. The lowest BCUT2D eigenvalue weighted by molar-refractivity contribution is -0.131. The van der Waals surface area contributed by atoms with Crippen molar-refractivity contribution in [1.82, 2.24) is 10.2 Å². The van der Waals surface area contributed by atoms with Crippen molar-refractivity contribution in [2.45, 2.75) is 19.1 Å². The molecular weight excluding hydrogens is 440 g/mol. The van der Waals surface area contributed by atoms with Crippen LogP contribution in [-0.4, -0.2) is 35.0 Å². The minimum atomic E-state index is -1.11. The van der Waals surface area contributed by atoms with Gasteiger partial charge in [-0.05, 0) is 59.7 Å². The monoisotopic (exact) mass is 460 g/mol. The first-order chi connectivity index (χ1) is 14.9. The predicted octanol–water partition coefficient (Wildman–Crippen LogP) is 5.65. The minimum absolute atomic E-state index is 0.0316. The summed E-state index contributed by atoms with van der Waals surface area (Å²) in [5.74, 6) is 0.731. The Bertz CT molecular complexity index is 1080. The Morgan fingerprint density at radius 1 is 1.23 bits per heavy atom. The molecule has 0 saturated heterocycles. The molecule has 1 aromatic heterocycles. The fraction of sp³-hybridized carbons (Fsp3) is 0.227. The molecule has 9 heteroatoms. The second-order valence-electron chi connectivity index (χ2n) is 6.91. The van der Waals surface area contributed by atoms with Crippen LogP contribution in [0.3, 0.4) is 0 Å². The third-order valence-electron chi connectivity index (χ3n) is 3.97. The van der Waals surface area contributed by atoms with E-state index in [-0.39, 0.29) is 16.0 Å². The summed E-state index contributed by atoms with van der Waals surface area (Å²) >= 11 is 6.91. The number of aromatic nitrogens is 2. The summed E-state index contributed by atoms with van der Waals surface area (Å²) in [7, 11) is 1.52. The van der Waals surface area contributed by atoms with Gasteiger partial charge in [0.1, 0.15) is 16.4 Å². The zero-order valence-electron chi connectivity index (χ0n) is 17.2. The number of halogens is 1. The number of thioether (sulfide) groups is 1. The number of ether oxygens (including phenoxy) is 2. The van der Waals surface area contributed by atoms with E-state index >= 15 is 0 Å². The number of hydrogen-bond acceptors (Lipinski definition) is 7. The quantitative estimate of drug-likeness (QED) is 0.323. The van der Waals surface area contributed by atoms with Gasteiger partial charge in [-0.1, -0.05) is 37.6 Å². The molecule has 0 aliphatic carbocycles. The second-order valence-corrected chi connectivity index (χ2v) is 8.34. The molecule has 0 radical (unpaired) electrons. The highest BCUT2D eigenvalue weighted by molar-refractivity contribution is 8.03. The molecule has 3 aromatic rings. The van der Waals surface area contributed by atoms with E-state index in [4.69, 9.17) is 25.5 Å². The van der Waals surface area contributed by atoms with Gasteiger partial charge in [0.2, 0.25) is 0 Å². The van der Waals surface area contributed by atoms with E-state index in [1.54, 1.807) is 42.5 Å². The topological polar surface area (TPSA) is 94.7 Å². The van der Waals surface area contributed by atoms with Gasteiger partial charge in [-0.3, -0.25) is 0 Å². The summed E-state index contributed by atoms with van der Waals surface area (Å²) in [4.78, 5) is 11.8. The Morgan fingerprint density at radius 2 is 1.97 bits per heavy atom. The van der Waals surface area contributed by atoms with Gasteiger partial charge < -0.3 is 19.0 Å². The lowest BCUT2D eigenvalue weighted by Crippen LogP contribution is -2.04. The lowest BCUT2D eigenvalue weighted by atomic mass is 10.2. The first kappa shape index (κ1) is 22.7. The van der Waals surface area contributed by atoms with Crippen LogP contribution in [0.25, 0.3) is 17.5 Å². The van der Waals surface area contributed by atoms with Crippen molar-refractivity contribution in [2.75, 3.05) is 13.7 Å². The molecule has 0 unspecified atom stereocenters. The van der Waals surface area contributed by atoms with Gasteiger partial charge in [0, 0.05) is 5.02 Å². The van der Waals surface area contributed by atoms with Crippen LogP contribution in [0.5, 0.6) is 11.5 Å². The van der Waals surface area contributed by atoms with Crippen molar-refractivity contribution in [3.8, 4) is 23.0 Å². The average Bonchev–Trinajstić information content (AvgIpc) is 3.21. The van der Waals surface area contributed by atoms with Crippen molar-refractivity contribution in [1.29, 1.82) is 0 Å². The lowest BCUT2D eigenvalue weighted by Gasteiger charge is -2.08. The van der Waals surface area contributed by atoms with Crippen LogP contribution in [-0.2, 0) is 4.79 Å². The SMILES string of the molecule is COc1ccc(Cl)cc1-c1nnc(S/C(=C/c2ccc(OCC(C)C)cc2)C(=O)O)o1. The highest BCUT2D eigenvalue weighted by Gasteiger charge is 2.18. The fourth-order valence-corrected chi connectivity index (χ4v) is 3.36. The molecule has 1 N–H and O–H groups in total. The van der Waals surface area contributed by atoms with Gasteiger partial charge >= 0.3 is 5.97 Å². The van der Waals surface area contributed by atoms with E-state index in [1.165, 1.54) is 13.2 Å². The van der Waals surface area contributed by atoms with Crippen molar-refractivity contribution < 1.29 is 23.8 Å². The van der Waals surface area contributed by atoms with Crippen LogP contribution < -0.4 is 9.47 Å². The molecule has 162 valence electrons. The first-order valence-electron chi connectivity index (χ1n) is 9.39. The molecule has 3 rings (SSSR count). The summed E-state index contributed by atoms with van der Waals surface area (Å²) in [5, 5.41) is 18.1. The number of rotatable bonds is 9. The van der Waals surface area contributed by atoms with Crippen molar-refractivity contribution >= 4 is 35.4 Å². The molecule has 0 saturated carbocycles. The molecular formula is C22H21ClN2O5S. The Labute approximate surface area is 189 Å². The maximum Gasteiger partial charge on any atom is 0.342 e. The van der Waals surface area contributed by atoms with E-state index in [2.05, 4.69) is 24.0 Å². The van der Waals surface area contributed by atoms with Gasteiger partial charge in [-0.2, -0.15) is 0 Å². The van der Waals surface area contributed by atoms with Gasteiger partial charge in [0.05, 0.1) is 19.3 Å². The van der Waals surface area contributed by atoms with Crippen LogP contribution in [0.2, 0.25) is 5.02 Å². The molecule has 0 aliphatic heterocycles. The number of hydrogen-bond donors (Lipinski definition) is 1. The van der Waals surface area contributed by atoms with E-state index < -0.39 is 5.97 Å². The number of methoxy groups -OCH3 is 1. The molecule has 0 atom stereocenters. The molecule has 0 amide bonds. The van der Waals surface area contributed by atoms with Gasteiger partial charge in [-0.25, -0.2) is 4.79 Å². The Balaban J connectivity index is 1.78. The first-order valence-corrected chi connectivity index (χ1v) is 10.6. The molecule has 1 heterocycles. The largest absolute Gasteiger partial charge is 0.496 e. The standard InChI is InChI=1S/C22H21ClN2O5S/c1-13(2)12-29-16-7-4-14(5-8-16)10-19(21(26)27)31-22-25-24-20(30-22)17-11-15(23)6-9-18(17)28-3/h4-11,13H,12H2,1-3H3,(H,26,27)/b19-10+. The molecule has 0 fully saturated rings. The third-order valence-corrected chi connectivity index (χ3v) is 5.05. The maximum atomic E-state index is 11.7. The number of carbonyl (C=O) groups is 1. The highest BCUT2D eigenvalue weighted by Crippen LogP contribution is 2.35. The van der Waals surface area contributed by atoms with Crippen LogP contribution in [0.15, 0.2) is 57.0 Å². The molecule has 31 heavy (non-hydrogen) atoms. The van der Waals surface area contributed by atoms with E-state index in [0.29, 0.717) is 34.4 Å². The van der Waals surface area contributed by atoms with Crippen LogP contribution >= 0.6 is 23.4 Å². The number of aliphatic carboxylic acids is 1. The normalized spacial score (nSPS) is 11.6. The number of nitrogens with zero attached hydrogens (tertiary/aromatic N) is 2. The minimum Gasteiger partial charge on any atom is -0.496 e. The van der Waals surface area contributed by atoms with Crippen LogP contribution in [0.4, 0.5) is 0 Å². The van der Waals surface area contributed by atoms with E-state index in [9.17, 15) is 9.90 Å². The molecule has 7 nitrogen and oxygen atoms in total. The van der Waals surface area contributed by atoms with E-state index in [1.807, 2.05) is 0 Å². The van der Waals surface area contributed by atoms with Gasteiger partial charge in [0.25, 0.3) is 11.1 Å². The number of benzene rings is 2. The summed E-state index contributed by atoms with van der Waals surface area (Å²) in [6.45, 7) is 4.75. The maximum absolute atomic E-state index is 11.7. The molecule has 0 aliphatic rings. The zero-order valence-corrected chi connectivity index (χ0v) is 18.7. The van der Waals surface area contributed by atoms with Gasteiger partial charge in [-0.15, -0.1) is 10.2 Å². The third kappa shape index (κ3) is 6.26. The van der Waals surface area contributed by atoms with Crippen molar-refractivity contribution in [3.05, 3.63) is 58.0 Å². The molecule has 2 aromatic carbocycles. The summed E-state index contributed by atoms with van der Waals surface area (Å²) < 4.78 is 16.6. The Hall–Kier alpha value is -2.97. The summed E-state index contributed by atoms with van der Waals surface area (Å²) in [6, 6.07) is 12.2. The number of carboxylic acids is 1. The molecule has 0 spiro atoms. The van der Waals surface area contributed by atoms with Crippen molar-refractivity contribution in [2.24, 2.45) is 5.92 Å². The second kappa shape index (κ2) is 10.4. The summed E-state index contributed by atoms with van der Waals surface area (Å²) in [6.07, 6.45) is 1.53. The van der Waals surface area contributed by atoms with Gasteiger partial charge in [0.15, 0.2) is 0 Å². The van der Waals surface area contributed by atoms with Crippen LogP contribution in [0, 0.1) is 5.92 Å². The predicted molar refractivity (Wildman–Crippen MR) is 120 cm³/mol. The summed E-state index contributed by atoms with van der Waals surface area (Å²) in [5.41, 5.74) is 1.23. The van der Waals surface area contributed by atoms with E-state index in [0.717, 1.165) is 17.5 Å². The average molecular weight is 461 g/mol. The molecule has 0 bridgehead atoms. The Morgan fingerprint density at radius 3 is 2.61 bits per heavy atom. The Kier molecular flexibility index (Phi) is 7.59. The smallest absolute Gasteiger partial charge is 0.342 e.